The van der Waals surface area contributed by atoms with Crippen LogP contribution in [0, 0.1) is 0 Å². The van der Waals surface area contributed by atoms with Gasteiger partial charge in [0.2, 0.25) is 0 Å². The van der Waals surface area contributed by atoms with E-state index in [0.29, 0.717) is 6.54 Å². The molecule has 0 aromatic heterocycles. The third kappa shape index (κ3) is 4.90. The number of benzene rings is 2. The van der Waals surface area contributed by atoms with Crippen molar-refractivity contribution in [3.8, 4) is 5.75 Å². The number of hydrogen-bond donors (Lipinski definition) is 1. The second kappa shape index (κ2) is 7.52. The molecule has 2 rings (SSSR count). The molecule has 0 aliphatic carbocycles. The van der Waals surface area contributed by atoms with Crippen LogP contribution in [-0.2, 0) is 6.54 Å². The number of halogens is 3. The zero-order chi connectivity index (χ0) is 15.4. The smallest absolute Gasteiger partial charge is 0.138 e. The van der Waals surface area contributed by atoms with E-state index in [0.717, 1.165) is 31.0 Å². The first-order valence-corrected chi connectivity index (χ1v) is 8.56. The second-order valence-electron chi connectivity index (χ2n) is 4.90. The fourth-order valence-corrected chi connectivity index (χ4v) is 3.41. The molecule has 0 aliphatic heterocycles. The topological polar surface area (TPSA) is 21.3 Å². The number of anilines is 1. The Hall–Kier alpha value is -0.710. The SMILES string of the molecule is CC(C)Oc1c(Br)cc(Br)cc1CNc1ccc(Cl)cc1. The van der Waals surface area contributed by atoms with Gasteiger partial charge in [0.15, 0.2) is 0 Å². The summed E-state index contributed by atoms with van der Waals surface area (Å²) >= 11 is 13.0. The van der Waals surface area contributed by atoms with Crippen LogP contribution < -0.4 is 10.1 Å². The number of ether oxygens (including phenoxy) is 1. The monoisotopic (exact) mass is 431 g/mol. The highest BCUT2D eigenvalue weighted by atomic mass is 79.9. The van der Waals surface area contributed by atoms with Gasteiger partial charge in [0.05, 0.1) is 10.6 Å². The molecule has 5 heteroatoms. The molecular weight excluding hydrogens is 417 g/mol. The standard InChI is InChI=1S/C16H16Br2ClNO/c1-10(2)21-16-11(7-12(17)8-15(16)18)9-20-14-5-3-13(19)4-6-14/h3-8,10,20H,9H2,1-2H3. The van der Waals surface area contributed by atoms with E-state index in [2.05, 4.69) is 43.2 Å². The lowest BCUT2D eigenvalue weighted by Crippen LogP contribution is -2.10. The van der Waals surface area contributed by atoms with Gasteiger partial charge in [-0.15, -0.1) is 0 Å². The van der Waals surface area contributed by atoms with Crippen molar-refractivity contribution in [2.75, 3.05) is 5.32 Å². The van der Waals surface area contributed by atoms with E-state index < -0.39 is 0 Å². The van der Waals surface area contributed by atoms with Crippen LogP contribution in [0.1, 0.15) is 19.4 Å². The Balaban J connectivity index is 2.19. The molecule has 0 spiro atoms. The molecule has 0 fully saturated rings. The molecule has 1 N–H and O–H groups in total. The Morgan fingerprint density at radius 2 is 1.81 bits per heavy atom. The lowest BCUT2D eigenvalue weighted by molar-refractivity contribution is 0.238. The number of rotatable bonds is 5. The fraction of sp³-hybridized carbons (Fsp3) is 0.250. The summed E-state index contributed by atoms with van der Waals surface area (Å²) < 4.78 is 7.87. The first-order chi connectivity index (χ1) is 9.95. The maximum atomic E-state index is 5.91. The van der Waals surface area contributed by atoms with E-state index in [1.807, 2.05) is 44.2 Å². The largest absolute Gasteiger partial charge is 0.489 e. The normalized spacial score (nSPS) is 10.8. The van der Waals surface area contributed by atoms with Gasteiger partial charge in [-0.2, -0.15) is 0 Å². The van der Waals surface area contributed by atoms with Crippen LogP contribution in [0.4, 0.5) is 5.69 Å². The van der Waals surface area contributed by atoms with Crippen LogP contribution >= 0.6 is 43.5 Å². The fourth-order valence-electron chi connectivity index (χ4n) is 1.88. The predicted octanol–water partition coefficient (Wildman–Crippen LogP) is 6.26. The van der Waals surface area contributed by atoms with Crippen LogP contribution in [0.15, 0.2) is 45.3 Å². The van der Waals surface area contributed by atoms with Gasteiger partial charge < -0.3 is 10.1 Å². The summed E-state index contributed by atoms with van der Waals surface area (Å²) in [6, 6.07) is 11.7. The molecule has 0 heterocycles. The van der Waals surface area contributed by atoms with Crippen molar-refractivity contribution in [3.05, 3.63) is 55.9 Å². The lowest BCUT2D eigenvalue weighted by atomic mass is 10.2. The molecule has 0 saturated carbocycles. The first-order valence-electron chi connectivity index (χ1n) is 6.59. The summed E-state index contributed by atoms with van der Waals surface area (Å²) in [6.45, 7) is 4.71. The van der Waals surface area contributed by atoms with E-state index in [4.69, 9.17) is 16.3 Å². The molecule has 0 bridgehead atoms. The Bertz CT molecular complexity index is 614. The van der Waals surface area contributed by atoms with Crippen molar-refractivity contribution >= 4 is 49.1 Å². The van der Waals surface area contributed by atoms with E-state index in [-0.39, 0.29) is 6.10 Å². The maximum Gasteiger partial charge on any atom is 0.138 e. The third-order valence-corrected chi connectivity index (χ3v) is 4.06. The molecule has 0 unspecified atom stereocenters. The summed E-state index contributed by atoms with van der Waals surface area (Å²) in [5, 5.41) is 4.11. The highest BCUT2D eigenvalue weighted by molar-refractivity contribution is 9.11. The summed E-state index contributed by atoms with van der Waals surface area (Å²) in [5.74, 6) is 0.870. The van der Waals surface area contributed by atoms with Crippen LogP contribution in [-0.4, -0.2) is 6.10 Å². The lowest BCUT2D eigenvalue weighted by Gasteiger charge is -2.17. The minimum absolute atomic E-state index is 0.122. The molecule has 0 aliphatic rings. The Labute approximate surface area is 147 Å². The van der Waals surface area contributed by atoms with Gasteiger partial charge in [-0.3, -0.25) is 0 Å². The van der Waals surface area contributed by atoms with E-state index in [1.54, 1.807) is 0 Å². The highest BCUT2D eigenvalue weighted by Crippen LogP contribution is 2.34. The number of hydrogen-bond acceptors (Lipinski definition) is 2. The Morgan fingerprint density at radius 1 is 1.14 bits per heavy atom. The second-order valence-corrected chi connectivity index (χ2v) is 7.11. The van der Waals surface area contributed by atoms with Gasteiger partial charge in [0, 0.05) is 27.3 Å². The summed E-state index contributed by atoms with van der Waals surface area (Å²) in [7, 11) is 0. The van der Waals surface area contributed by atoms with Gasteiger partial charge >= 0.3 is 0 Å². The predicted molar refractivity (Wildman–Crippen MR) is 96.4 cm³/mol. The molecular formula is C16H16Br2ClNO. The van der Waals surface area contributed by atoms with Crippen molar-refractivity contribution in [3.63, 3.8) is 0 Å². The number of nitrogens with one attached hydrogen (secondary N) is 1. The Kier molecular flexibility index (Phi) is 5.97. The van der Waals surface area contributed by atoms with Crippen molar-refractivity contribution < 1.29 is 4.74 Å². The quantitative estimate of drug-likeness (QED) is 0.600. The van der Waals surface area contributed by atoms with Gasteiger partial charge in [-0.05, 0) is 66.2 Å². The molecule has 112 valence electrons. The molecule has 2 aromatic rings. The molecule has 0 radical (unpaired) electrons. The molecule has 0 atom stereocenters. The molecule has 2 nitrogen and oxygen atoms in total. The van der Waals surface area contributed by atoms with E-state index >= 15 is 0 Å². The highest BCUT2D eigenvalue weighted by Gasteiger charge is 2.11. The Morgan fingerprint density at radius 3 is 2.43 bits per heavy atom. The van der Waals surface area contributed by atoms with Crippen LogP contribution in [0.3, 0.4) is 0 Å². The summed E-state index contributed by atoms with van der Waals surface area (Å²) in [6.07, 6.45) is 0.122. The van der Waals surface area contributed by atoms with Crippen molar-refractivity contribution in [1.82, 2.24) is 0 Å². The average Bonchev–Trinajstić information content (AvgIpc) is 2.41. The minimum atomic E-state index is 0.122. The molecule has 2 aromatic carbocycles. The van der Waals surface area contributed by atoms with E-state index in [1.165, 1.54) is 0 Å². The maximum absolute atomic E-state index is 5.91. The van der Waals surface area contributed by atoms with Crippen molar-refractivity contribution in [2.45, 2.75) is 26.5 Å². The summed E-state index contributed by atoms with van der Waals surface area (Å²) in [4.78, 5) is 0. The van der Waals surface area contributed by atoms with Crippen molar-refractivity contribution in [1.29, 1.82) is 0 Å². The summed E-state index contributed by atoms with van der Waals surface area (Å²) in [5.41, 5.74) is 2.10. The third-order valence-electron chi connectivity index (χ3n) is 2.77. The van der Waals surface area contributed by atoms with Crippen LogP contribution in [0.2, 0.25) is 5.02 Å². The molecule has 0 amide bonds. The van der Waals surface area contributed by atoms with Crippen LogP contribution in [0.25, 0.3) is 0 Å². The van der Waals surface area contributed by atoms with E-state index in [9.17, 15) is 0 Å². The van der Waals surface area contributed by atoms with Gasteiger partial charge in [0.25, 0.3) is 0 Å². The van der Waals surface area contributed by atoms with Crippen molar-refractivity contribution in [2.24, 2.45) is 0 Å². The zero-order valence-electron chi connectivity index (χ0n) is 11.8. The average molecular weight is 434 g/mol. The minimum Gasteiger partial charge on any atom is -0.489 e. The molecule has 21 heavy (non-hydrogen) atoms. The van der Waals surface area contributed by atoms with Crippen LogP contribution in [0.5, 0.6) is 5.75 Å². The molecule has 0 saturated heterocycles. The van der Waals surface area contributed by atoms with Gasteiger partial charge in [-0.1, -0.05) is 27.5 Å². The first kappa shape index (κ1) is 16.7. The van der Waals surface area contributed by atoms with Gasteiger partial charge in [0.1, 0.15) is 5.75 Å². The zero-order valence-corrected chi connectivity index (χ0v) is 15.7. The van der Waals surface area contributed by atoms with Gasteiger partial charge in [-0.25, -0.2) is 0 Å².